The van der Waals surface area contributed by atoms with Crippen LogP contribution in [0.1, 0.15) is 38.3 Å². The number of non-ortho nitro benzene ring substituents is 1. The van der Waals surface area contributed by atoms with Crippen LogP contribution < -0.4 is 9.62 Å². The molecule has 0 spiro atoms. The number of nitrogens with one attached hydrogen (secondary N) is 1. The Kier molecular flexibility index (Phi) is 10.6. The molecule has 0 radical (unpaired) electrons. The summed E-state index contributed by atoms with van der Waals surface area (Å²) < 4.78 is 28.5. The van der Waals surface area contributed by atoms with Gasteiger partial charge in [0.05, 0.1) is 15.5 Å². The molecule has 0 unspecified atom stereocenters. The van der Waals surface area contributed by atoms with Gasteiger partial charge in [-0.15, -0.1) is 0 Å². The minimum atomic E-state index is -4.32. The van der Waals surface area contributed by atoms with Crippen molar-refractivity contribution in [2.75, 3.05) is 17.4 Å². The van der Waals surface area contributed by atoms with Crippen LogP contribution in [-0.2, 0) is 26.2 Å². The van der Waals surface area contributed by atoms with E-state index in [0.29, 0.717) is 13.0 Å². The fraction of sp³-hybridized carbons (Fsp3) is 0.333. The van der Waals surface area contributed by atoms with Crippen molar-refractivity contribution in [2.45, 2.75) is 51.6 Å². The van der Waals surface area contributed by atoms with Gasteiger partial charge in [0, 0.05) is 25.2 Å². The van der Waals surface area contributed by atoms with Crippen molar-refractivity contribution >= 4 is 33.2 Å². The van der Waals surface area contributed by atoms with Gasteiger partial charge in [-0.25, -0.2) is 8.42 Å². The number of nitro groups is 1. The Morgan fingerprint density at radius 2 is 1.63 bits per heavy atom. The highest BCUT2D eigenvalue weighted by molar-refractivity contribution is 7.92. The van der Waals surface area contributed by atoms with Gasteiger partial charge in [-0.05, 0) is 43.0 Å². The smallest absolute Gasteiger partial charge is 0.271 e. The Morgan fingerprint density at radius 3 is 2.22 bits per heavy atom. The molecule has 0 aliphatic rings. The number of carbonyl (C=O) groups excluding carboxylic acids is 2. The Labute approximate surface area is 241 Å². The zero-order valence-electron chi connectivity index (χ0n) is 23.7. The van der Waals surface area contributed by atoms with Gasteiger partial charge in [0.1, 0.15) is 12.6 Å². The maximum Gasteiger partial charge on any atom is 0.271 e. The van der Waals surface area contributed by atoms with Crippen molar-refractivity contribution in [3.63, 3.8) is 0 Å². The van der Waals surface area contributed by atoms with Crippen molar-refractivity contribution in [1.29, 1.82) is 0 Å². The minimum absolute atomic E-state index is 0.0380. The summed E-state index contributed by atoms with van der Waals surface area (Å²) in [4.78, 5) is 39.5. The van der Waals surface area contributed by atoms with Crippen LogP contribution in [0.25, 0.3) is 0 Å². The highest BCUT2D eigenvalue weighted by atomic mass is 32.2. The number of hydrogen-bond acceptors (Lipinski definition) is 6. The first kappa shape index (κ1) is 31.3. The summed E-state index contributed by atoms with van der Waals surface area (Å²) in [6.07, 6.45) is 0.295. The Morgan fingerprint density at radius 1 is 0.976 bits per heavy atom. The quantitative estimate of drug-likeness (QED) is 0.231. The first-order chi connectivity index (χ1) is 19.4. The highest BCUT2D eigenvalue weighted by Gasteiger charge is 2.34. The molecule has 0 aliphatic carbocycles. The van der Waals surface area contributed by atoms with Crippen LogP contribution in [0.15, 0.2) is 83.8 Å². The zero-order chi connectivity index (χ0) is 30.2. The summed E-state index contributed by atoms with van der Waals surface area (Å²) >= 11 is 0. The van der Waals surface area contributed by atoms with Crippen LogP contribution in [0.2, 0.25) is 0 Å². The molecule has 0 aliphatic heterocycles. The number of anilines is 1. The van der Waals surface area contributed by atoms with Gasteiger partial charge in [0.15, 0.2) is 0 Å². The third-order valence-corrected chi connectivity index (χ3v) is 8.27. The molecule has 0 saturated heterocycles. The first-order valence-electron chi connectivity index (χ1n) is 13.4. The molecule has 3 aromatic carbocycles. The summed E-state index contributed by atoms with van der Waals surface area (Å²) in [5.74, 6) is -0.768. The van der Waals surface area contributed by atoms with E-state index < -0.39 is 33.4 Å². The van der Waals surface area contributed by atoms with E-state index in [9.17, 15) is 28.1 Å². The lowest BCUT2D eigenvalue weighted by atomic mass is 10.1. The number of benzene rings is 3. The van der Waals surface area contributed by atoms with E-state index in [-0.39, 0.29) is 34.6 Å². The molecule has 0 bridgehead atoms. The van der Waals surface area contributed by atoms with Gasteiger partial charge in [-0.3, -0.25) is 24.0 Å². The molecule has 3 aromatic rings. The highest BCUT2D eigenvalue weighted by Crippen LogP contribution is 2.27. The van der Waals surface area contributed by atoms with Crippen LogP contribution in [0.4, 0.5) is 11.4 Å². The summed E-state index contributed by atoms with van der Waals surface area (Å²) in [6, 6.07) is 19.3. The van der Waals surface area contributed by atoms with Crippen molar-refractivity contribution < 1.29 is 22.9 Å². The lowest BCUT2D eigenvalue weighted by Crippen LogP contribution is -2.52. The maximum atomic E-state index is 14.0. The van der Waals surface area contributed by atoms with Crippen molar-refractivity contribution in [3.8, 4) is 0 Å². The second kappa shape index (κ2) is 13.9. The molecule has 0 aromatic heterocycles. The average Bonchev–Trinajstić information content (AvgIpc) is 2.96. The molecule has 41 heavy (non-hydrogen) atoms. The molecule has 1 atom stereocenters. The first-order valence-corrected chi connectivity index (χ1v) is 14.8. The molecular formula is C30H36N4O6S. The largest absolute Gasteiger partial charge is 0.354 e. The van der Waals surface area contributed by atoms with Gasteiger partial charge in [0.2, 0.25) is 11.8 Å². The van der Waals surface area contributed by atoms with Gasteiger partial charge < -0.3 is 10.2 Å². The van der Waals surface area contributed by atoms with Crippen molar-refractivity contribution in [3.05, 3.63) is 100 Å². The molecular weight excluding hydrogens is 544 g/mol. The fourth-order valence-corrected chi connectivity index (χ4v) is 5.67. The van der Waals surface area contributed by atoms with Crippen LogP contribution >= 0.6 is 0 Å². The molecule has 3 rings (SSSR count). The molecule has 0 saturated carbocycles. The van der Waals surface area contributed by atoms with Gasteiger partial charge in [-0.2, -0.15) is 0 Å². The van der Waals surface area contributed by atoms with Crippen LogP contribution in [0, 0.1) is 23.0 Å². The Balaban J connectivity index is 2.07. The number of hydrogen-bond donors (Lipinski definition) is 1. The number of carbonyl (C=O) groups is 2. The molecule has 0 fully saturated rings. The summed E-state index contributed by atoms with van der Waals surface area (Å²) in [5.41, 5.74) is 1.44. The van der Waals surface area contributed by atoms with E-state index in [0.717, 1.165) is 21.5 Å². The van der Waals surface area contributed by atoms with Gasteiger partial charge in [0.25, 0.3) is 15.7 Å². The fourth-order valence-electron chi connectivity index (χ4n) is 4.24. The van der Waals surface area contributed by atoms with Crippen LogP contribution in [0.5, 0.6) is 0 Å². The third-order valence-electron chi connectivity index (χ3n) is 6.48. The molecule has 218 valence electrons. The maximum absolute atomic E-state index is 14.0. The number of rotatable bonds is 13. The summed E-state index contributed by atoms with van der Waals surface area (Å²) in [5, 5.41) is 14.4. The van der Waals surface area contributed by atoms with E-state index >= 15 is 0 Å². The zero-order valence-corrected chi connectivity index (χ0v) is 24.5. The van der Waals surface area contributed by atoms with Crippen molar-refractivity contribution in [2.24, 2.45) is 5.92 Å². The van der Waals surface area contributed by atoms with Crippen molar-refractivity contribution in [1.82, 2.24) is 10.2 Å². The SMILES string of the molecule is CC[C@H](C(=O)NCC(C)C)N(Cc1ccc(C)cc1)C(=O)CN(c1cccc([N+](=O)[O-])c1)S(=O)(=O)c1ccccc1. The lowest BCUT2D eigenvalue weighted by molar-refractivity contribution is -0.384. The topological polar surface area (TPSA) is 130 Å². The third kappa shape index (κ3) is 8.14. The van der Waals surface area contributed by atoms with Crippen LogP contribution in [-0.4, -0.2) is 49.2 Å². The lowest BCUT2D eigenvalue weighted by Gasteiger charge is -2.33. The second-order valence-corrected chi connectivity index (χ2v) is 12.0. The normalized spacial score (nSPS) is 12.0. The van der Waals surface area contributed by atoms with E-state index in [1.807, 2.05) is 45.0 Å². The van der Waals surface area contributed by atoms with E-state index in [2.05, 4.69) is 5.32 Å². The Hall–Kier alpha value is -4.25. The standard InChI is InChI=1S/C30H36N4O6S/c1-5-28(30(36)31-19-22(2)3)32(20-24-16-14-23(4)15-17-24)29(35)21-33(25-10-9-11-26(18-25)34(37)38)41(39,40)27-12-7-6-8-13-27/h6-18,22,28H,5,19-21H2,1-4H3,(H,31,36)/t28-/m1/s1. The summed E-state index contributed by atoms with van der Waals surface area (Å²) in [7, 11) is -4.32. The number of amides is 2. The van der Waals surface area contributed by atoms with Gasteiger partial charge in [-0.1, -0.05) is 74.9 Å². The van der Waals surface area contributed by atoms with Gasteiger partial charge >= 0.3 is 0 Å². The molecule has 0 heterocycles. The van der Waals surface area contributed by atoms with Crippen LogP contribution in [0.3, 0.4) is 0 Å². The monoisotopic (exact) mass is 580 g/mol. The van der Waals surface area contributed by atoms with E-state index in [1.54, 1.807) is 25.1 Å². The predicted octanol–water partition coefficient (Wildman–Crippen LogP) is 4.68. The predicted molar refractivity (Wildman–Crippen MR) is 158 cm³/mol. The number of sulfonamides is 1. The van der Waals surface area contributed by atoms with E-state index in [1.165, 1.54) is 35.2 Å². The second-order valence-electron chi connectivity index (χ2n) is 10.2. The molecule has 1 N–H and O–H groups in total. The van der Waals surface area contributed by atoms with E-state index in [4.69, 9.17) is 0 Å². The molecule has 10 nitrogen and oxygen atoms in total. The average molecular weight is 581 g/mol. The summed E-state index contributed by atoms with van der Waals surface area (Å²) in [6.45, 7) is 7.47. The minimum Gasteiger partial charge on any atom is -0.354 e. The molecule has 2 amide bonds. The number of nitro benzene ring substituents is 1. The number of nitrogens with zero attached hydrogens (tertiary/aromatic N) is 3. The Bertz CT molecular complexity index is 1460. The molecule has 11 heteroatoms. The number of aryl methyl sites for hydroxylation is 1.